The molecule has 1 aromatic heterocycles. The van der Waals surface area contributed by atoms with Gasteiger partial charge >= 0.3 is 0 Å². The Bertz CT molecular complexity index is 218. The normalized spacial score (nSPS) is 8.56. The largest absolute Gasteiger partial charge is 0.326 e. The van der Waals surface area contributed by atoms with Crippen molar-refractivity contribution in [2.24, 2.45) is 5.73 Å². The maximum Gasteiger partial charge on any atom is 0.258 e. The number of rotatable bonds is 1. The summed E-state index contributed by atoms with van der Waals surface area (Å²) in [6.07, 6.45) is 0. The van der Waals surface area contributed by atoms with E-state index in [1.165, 1.54) is 17.6 Å². The smallest absolute Gasteiger partial charge is 0.258 e. The van der Waals surface area contributed by atoms with Gasteiger partial charge < -0.3 is 5.73 Å². The number of hydrogen-bond acceptors (Lipinski definition) is 3. The van der Waals surface area contributed by atoms with E-state index in [0.29, 0.717) is 6.54 Å². The van der Waals surface area contributed by atoms with E-state index in [2.05, 4.69) is 4.37 Å². The molecule has 0 spiro atoms. The second-order valence-electron chi connectivity index (χ2n) is 1.38. The Kier molecular flexibility index (Phi) is 3.53. The van der Waals surface area contributed by atoms with Gasteiger partial charge in [-0.15, -0.1) is 12.4 Å². The van der Waals surface area contributed by atoms with Crippen molar-refractivity contribution in [3.8, 4) is 0 Å². The molecule has 0 aliphatic carbocycles. The van der Waals surface area contributed by atoms with Crippen molar-refractivity contribution in [3.05, 3.63) is 21.3 Å². The molecule has 0 unspecified atom stereocenters. The molecule has 0 aromatic carbocycles. The van der Waals surface area contributed by atoms with Crippen LogP contribution in [-0.4, -0.2) is 4.37 Å². The van der Waals surface area contributed by atoms with Gasteiger partial charge in [-0.3, -0.25) is 9.17 Å². The monoisotopic (exact) mass is 166 g/mol. The fourth-order valence-electron chi connectivity index (χ4n) is 0.422. The molecule has 3 N–H and O–H groups in total. The van der Waals surface area contributed by atoms with Crippen molar-refractivity contribution in [2.45, 2.75) is 6.54 Å². The lowest BCUT2D eigenvalue weighted by Gasteiger charge is -1.77. The SMILES string of the molecule is Cl.NCc1cc(=O)[nH]s1. The fourth-order valence-corrected chi connectivity index (χ4v) is 0.961. The topological polar surface area (TPSA) is 58.9 Å². The highest BCUT2D eigenvalue weighted by Crippen LogP contribution is 1.96. The third-order valence-corrected chi connectivity index (χ3v) is 1.63. The van der Waals surface area contributed by atoms with Gasteiger partial charge in [-0.2, -0.15) is 0 Å². The van der Waals surface area contributed by atoms with Crippen LogP contribution in [0.5, 0.6) is 0 Å². The van der Waals surface area contributed by atoms with Crippen LogP contribution in [-0.2, 0) is 6.54 Å². The second kappa shape index (κ2) is 3.66. The quantitative estimate of drug-likeness (QED) is 0.631. The highest BCUT2D eigenvalue weighted by atomic mass is 35.5. The van der Waals surface area contributed by atoms with Crippen LogP contribution in [0, 0.1) is 0 Å². The van der Waals surface area contributed by atoms with Crippen molar-refractivity contribution in [3.63, 3.8) is 0 Å². The van der Waals surface area contributed by atoms with E-state index in [9.17, 15) is 4.79 Å². The van der Waals surface area contributed by atoms with Crippen LogP contribution in [0.1, 0.15) is 4.88 Å². The Balaban J connectivity index is 0.000000640. The Morgan fingerprint density at radius 3 is 2.67 bits per heavy atom. The lowest BCUT2D eigenvalue weighted by Crippen LogP contribution is -1.95. The molecule has 0 amide bonds. The predicted molar refractivity (Wildman–Crippen MR) is 40.1 cm³/mol. The van der Waals surface area contributed by atoms with Crippen LogP contribution >= 0.6 is 23.9 Å². The zero-order chi connectivity index (χ0) is 5.98. The minimum atomic E-state index is -0.0598. The second-order valence-corrected chi connectivity index (χ2v) is 2.32. The molecule has 0 atom stereocenters. The predicted octanol–water partition coefficient (Wildman–Crippen LogP) is 0.317. The van der Waals surface area contributed by atoms with Gasteiger partial charge in [-0.25, -0.2) is 0 Å². The van der Waals surface area contributed by atoms with Crippen molar-refractivity contribution >= 4 is 23.9 Å². The summed E-state index contributed by atoms with van der Waals surface area (Å²) >= 11 is 1.29. The zero-order valence-corrected chi connectivity index (χ0v) is 6.22. The van der Waals surface area contributed by atoms with Gasteiger partial charge in [0.25, 0.3) is 5.56 Å². The van der Waals surface area contributed by atoms with Gasteiger partial charge in [0.1, 0.15) is 0 Å². The van der Waals surface area contributed by atoms with Gasteiger partial charge in [0.2, 0.25) is 0 Å². The van der Waals surface area contributed by atoms with Crippen molar-refractivity contribution in [1.82, 2.24) is 4.37 Å². The van der Waals surface area contributed by atoms with Gasteiger partial charge in [0, 0.05) is 17.5 Å². The minimum absolute atomic E-state index is 0. The average molecular weight is 167 g/mol. The van der Waals surface area contributed by atoms with Gasteiger partial charge in [0.15, 0.2) is 0 Å². The van der Waals surface area contributed by atoms with Crippen LogP contribution in [0.25, 0.3) is 0 Å². The number of H-pyrrole nitrogens is 1. The summed E-state index contributed by atoms with van der Waals surface area (Å²) in [6, 6.07) is 1.50. The summed E-state index contributed by atoms with van der Waals surface area (Å²) < 4.78 is 2.53. The maximum atomic E-state index is 10.3. The first-order valence-corrected chi connectivity index (χ1v) is 3.02. The van der Waals surface area contributed by atoms with E-state index in [1.807, 2.05) is 0 Å². The van der Waals surface area contributed by atoms with Crippen LogP contribution < -0.4 is 11.3 Å². The lowest BCUT2D eigenvalue weighted by molar-refractivity contribution is 1.11. The number of nitrogens with one attached hydrogen (secondary N) is 1. The molecule has 52 valence electrons. The molecule has 0 radical (unpaired) electrons. The van der Waals surface area contributed by atoms with Crippen molar-refractivity contribution in [2.75, 3.05) is 0 Å². The number of nitrogens with two attached hydrogens (primary N) is 1. The lowest BCUT2D eigenvalue weighted by atomic mass is 10.5. The maximum absolute atomic E-state index is 10.3. The van der Waals surface area contributed by atoms with E-state index in [-0.39, 0.29) is 18.0 Å². The van der Waals surface area contributed by atoms with E-state index in [1.54, 1.807) is 0 Å². The summed E-state index contributed by atoms with van der Waals surface area (Å²) in [5, 5.41) is 0. The first-order valence-electron chi connectivity index (χ1n) is 2.20. The molecule has 0 aliphatic heterocycles. The Labute approximate surface area is 62.5 Å². The fraction of sp³-hybridized carbons (Fsp3) is 0.250. The molecular weight excluding hydrogens is 160 g/mol. The molecular formula is C4H7ClN2OS. The van der Waals surface area contributed by atoms with E-state index in [4.69, 9.17) is 5.73 Å². The van der Waals surface area contributed by atoms with E-state index in [0.717, 1.165) is 4.88 Å². The van der Waals surface area contributed by atoms with Gasteiger partial charge in [0.05, 0.1) is 0 Å². The highest BCUT2D eigenvalue weighted by molar-refractivity contribution is 7.05. The Hall–Kier alpha value is -0.320. The molecule has 1 aromatic rings. The number of hydrogen-bond donors (Lipinski definition) is 2. The number of aromatic nitrogens is 1. The zero-order valence-electron chi connectivity index (χ0n) is 4.59. The Morgan fingerprint density at radius 1 is 1.78 bits per heavy atom. The molecule has 0 saturated heterocycles. The van der Waals surface area contributed by atoms with E-state index >= 15 is 0 Å². The average Bonchev–Trinajstić information content (AvgIpc) is 2.14. The van der Waals surface area contributed by atoms with Crippen molar-refractivity contribution in [1.29, 1.82) is 0 Å². The highest BCUT2D eigenvalue weighted by Gasteiger charge is 1.89. The van der Waals surface area contributed by atoms with Crippen LogP contribution in [0.4, 0.5) is 0 Å². The Morgan fingerprint density at radius 2 is 2.44 bits per heavy atom. The molecule has 0 saturated carbocycles. The first-order chi connectivity index (χ1) is 3.83. The summed E-state index contributed by atoms with van der Waals surface area (Å²) in [7, 11) is 0. The minimum Gasteiger partial charge on any atom is -0.326 e. The van der Waals surface area contributed by atoms with Gasteiger partial charge in [-0.05, 0) is 0 Å². The standard InChI is InChI=1S/C4H6N2OS.ClH/c5-2-3-1-4(7)6-8-3;/h1H,2,5H2,(H,6,7);1H. The molecule has 3 nitrogen and oxygen atoms in total. The van der Waals surface area contributed by atoms with E-state index < -0.39 is 0 Å². The van der Waals surface area contributed by atoms with Crippen molar-refractivity contribution < 1.29 is 0 Å². The van der Waals surface area contributed by atoms with Gasteiger partial charge in [-0.1, -0.05) is 11.5 Å². The summed E-state index contributed by atoms with van der Waals surface area (Å²) in [6.45, 7) is 0.448. The molecule has 0 bridgehead atoms. The molecule has 5 heteroatoms. The van der Waals surface area contributed by atoms with Crippen LogP contribution in [0.2, 0.25) is 0 Å². The molecule has 1 heterocycles. The number of aromatic amines is 1. The molecule has 0 fully saturated rings. The third kappa shape index (κ3) is 2.17. The summed E-state index contributed by atoms with van der Waals surface area (Å²) in [5.74, 6) is 0. The molecule has 1 rings (SSSR count). The molecule has 9 heavy (non-hydrogen) atoms. The third-order valence-electron chi connectivity index (χ3n) is 0.776. The van der Waals surface area contributed by atoms with Crippen LogP contribution in [0.3, 0.4) is 0 Å². The first kappa shape index (κ1) is 8.68. The van der Waals surface area contributed by atoms with Crippen LogP contribution in [0.15, 0.2) is 10.9 Å². The summed E-state index contributed by atoms with van der Waals surface area (Å²) in [5.41, 5.74) is 5.15. The molecule has 0 aliphatic rings. The summed E-state index contributed by atoms with van der Waals surface area (Å²) in [4.78, 5) is 11.2. The number of halogens is 1.